The van der Waals surface area contributed by atoms with Crippen molar-refractivity contribution in [2.45, 2.75) is 18.3 Å². The van der Waals surface area contributed by atoms with Crippen LogP contribution in [0.5, 0.6) is 0 Å². The first-order chi connectivity index (χ1) is 5.52. The van der Waals surface area contributed by atoms with Crippen LogP contribution in [0.4, 0.5) is 0 Å². The number of nitrogens with one attached hydrogen (secondary N) is 1. The van der Waals surface area contributed by atoms with Crippen LogP contribution in [0.15, 0.2) is 0 Å². The molecular weight excluding hydrogens is 162 g/mol. The normalized spacial score (nSPS) is 36.6. The molecule has 0 aliphatic carbocycles. The summed E-state index contributed by atoms with van der Waals surface area (Å²) in [5.41, 5.74) is 5.14. The molecule has 70 valence electrons. The van der Waals surface area contributed by atoms with Gasteiger partial charge in [-0.3, -0.25) is 5.41 Å². The number of aliphatic hydroxyl groups is 3. The van der Waals surface area contributed by atoms with Crippen molar-refractivity contribution in [3.8, 4) is 0 Å². The van der Waals surface area contributed by atoms with Crippen molar-refractivity contribution in [1.29, 1.82) is 5.41 Å². The molecule has 0 aromatic rings. The molecule has 0 amide bonds. The first kappa shape index (κ1) is 9.24. The van der Waals surface area contributed by atoms with Crippen molar-refractivity contribution in [1.82, 2.24) is 4.90 Å². The van der Waals surface area contributed by atoms with Crippen molar-refractivity contribution < 1.29 is 15.3 Å². The Bertz CT molecular complexity index is 175. The van der Waals surface area contributed by atoms with Crippen LogP contribution in [0.2, 0.25) is 0 Å². The number of guanidine groups is 1. The number of hydrogen-bond acceptors (Lipinski definition) is 4. The number of aliphatic hydroxyl groups excluding tert-OH is 3. The van der Waals surface area contributed by atoms with E-state index >= 15 is 0 Å². The Morgan fingerprint density at radius 2 is 1.67 bits per heavy atom. The summed E-state index contributed by atoms with van der Waals surface area (Å²) in [7, 11) is 0. The van der Waals surface area contributed by atoms with E-state index in [4.69, 9.17) is 26.5 Å². The van der Waals surface area contributed by atoms with Crippen LogP contribution < -0.4 is 5.73 Å². The smallest absolute Gasteiger partial charge is 0.188 e. The molecule has 6 nitrogen and oxygen atoms in total. The van der Waals surface area contributed by atoms with Gasteiger partial charge >= 0.3 is 0 Å². The molecule has 1 saturated heterocycles. The van der Waals surface area contributed by atoms with Gasteiger partial charge in [0.2, 0.25) is 0 Å². The molecule has 1 heterocycles. The third-order valence-corrected chi connectivity index (χ3v) is 1.94. The molecule has 1 unspecified atom stereocenters. The molecule has 0 aromatic heterocycles. The van der Waals surface area contributed by atoms with Gasteiger partial charge in [-0.2, -0.15) is 0 Å². The van der Waals surface area contributed by atoms with E-state index in [9.17, 15) is 0 Å². The van der Waals surface area contributed by atoms with Crippen LogP contribution in [0.1, 0.15) is 0 Å². The maximum atomic E-state index is 9.16. The number of β-amino-alcohol motifs (C(OH)–C–C–N with tert-alkyl or cyclic N) is 2. The SMILES string of the molecule is N=C(N)N1C[C@@H](O)C(O)[C@@H](O)C1. The average Bonchev–Trinajstić information content (AvgIpc) is 1.99. The van der Waals surface area contributed by atoms with Crippen LogP contribution in [0.25, 0.3) is 0 Å². The van der Waals surface area contributed by atoms with Crippen LogP contribution in [-0.4, -0.2) is 57.6 Å². The predicted molar refractivity (Wildman–Crippen MR) is 41.5 cm³/mol. The number of rotatable bonds is 0. The molecule has 0 spiro atoms. The molecule has 1 rings (SSSR count). The third-order valence-electron chi connectivity index (χ3n) is 1.94. The lowest BCUT2D eigenvalue weighted by atomic mass is 10.0. The molecule has 0 saturated carbocycles. The maximum Gasteiger partial charge on any atom is 0.188 e. The van der Waals surface area contributed by atoms with Gasteiger partial charge in [-0.15, -0.1) is 0 Å². The molecule has 1 aliphatic heterocycles. The van der Waals surface area contributed by atoms with Crippen molar-refractivity contribution in [2.24, 2.45) is 5.73 Å². The fourth-order valence-electron chi connectivity index (χ4n) is 1.20. The fourth-order valence-corrected chi connectivity index (χ4v) is 1.20. The summed E-state index contributed by atoms with van der Waals surface area (Å²) in [4.78, 5) is 1.31. The second kappa shape index (κ2) is 3.26. The van der Waals surface area contributed by atoms with Gasteiger partial charge in [-0.1, -0.05) is 0 Å². The number of nitrogens with zero attached hydrogens (tertiary/aromatic N) is 1. The summed E-state index contributed by atoms with van der Waals surface area (Å²) >= 11 is 0. The zero-order valence-electron chi connectivity index (χ0n) is 6.51. The van der Waals surface area contributed by atoms with Gasteiger partial charge in [-0.05, 0) is 0 Å². The number of nitrogens with two attached hydrogens (primary N) is 1. The quantitative estimate of drug-likeness (QED) is 0.203. The summed E-state index contributed by atoms with van der Waals surface area (Å²) in [6.45, 7) is 0.182. The molecule has 0 aromatic carbocycles. The highest BCUT2D eigenvalue weighted by atomic mass is 16.4. The van der Waals surface area contributed by atoms with Gasteiger partial charge in [0, 0.05) is 13.1 Å². The maximum absolute atomic E-state index is 9.16. The van der Waals surface area contributed by atoms with Crippen molar-refractivity contribution in [3.05, 3.63) is 0 Å². The lowest BCUT2D eigenvalue weighted by molar-refractivity contribution is -0.0964. The van der Waals surface area contributed by atoms with Crippen LogP contribution in [0, 0.1) is 5.41 Å². The molecule has 1 fully saturated rings. The van der Waals surface area contributed by atoms with Gasteiger partial charge in [0.25, 0.3) is 0 Å². The summed E-state index contributed by atoms with van der Waals surface area (Å²) in [5, 5.41) is 34.5. The first-order valence-electron chi connectivity index (χ1n) is 3.65. The highest BCUT2D eigenvalue weighted by Crippen LogP contribution is 2.10. The van der Waals surface area contributed by atoms with E-state index in [1.165, 1.54) is 4.90 Å². The van der Waals surface area contributed by atoms with Crippen LogP contribution in [-0.2, 0) is 0 Å². The highest BCUT2D eigenvalue weighted by Gasteiger charge is 2.33. The Labute approximate surface area is 69.7 Å². The number of likely N-dealkylation sites (tertiary alicyclic amines) is 1. The third kappa shape index (κ3) is 1.66. The largest absolute Gasteiger partial charge is 0.388 e. The Morgan fingerprint density at radius 3 is 2.00 bits per heavy atom. The summed E-state index contributed by atoms with van der Waals surface area (Å²) in [5.74, 6) is -0.208. The monoisotopic (exact) mass is 175 g/mol. The van der Waals surface area contributed by atoms with Crippen molar-refractivity contribution >= 4 is 5.96 Å². The molecule has 1 aliphatic rings. The minimum absolute atomic E-state index is 0.0908. The van der Waals surface area contributed by atoms with E-state index in [-0.39, 0.29) is 19.0 Å². The minimum Gasteiger partial charge on any atom is -0.388 e. The minimum atomic E-state index is -1.14. The molecule has 6 heteroatoms. The first-order valence-corrected chi connectivity index (χ1v) is 3.65. The van der Waals surface area contributed by atoms with Crippen LogP contribution >= 0.6 is 0 Å². The summed E-state index contributed by atoms with van der Waals surface area (Å²) < 4.78 is 0. The number of hydrogen-bond donors (Lipinski definition) is 5. The Morgan fingerprint density at radius 1 is 1.25 bits per heavy atom. The zero-order valence-corrected chi connectivity index (χ0v) is 6.51. The molecule has 0 radical (unpaired) electrons. The van der Waals surface area contributed by atoms with Gasteiger partial charge in [0.05, 0.1) is 0 Å². The van der Waals surface area contributed by atoms with E-state index in [1.54, 1.807) is 0 Å². The van der Waals surface area contributed by atoms with E-state index in [2.05, 4.69) is 0 Å². The summed E-state index contributed by atoms with van der Waals surface area (Å²) in [6, 6.07) is 0. The Balaban J connectivity index is 2.59. The fraction of sp³-hybridized carbons (Fsp3) is 0.833. The molecule has 6 N–H and O–H groups in total. The highest BCUT2D eigenvalue weighted by molar-refractivity contribution is 5.74. The lowest BCUT2D eigenvalue weighted by Crippen LogP contribution is -2.58. The topological polar surface area (TPSA) is 114 Å². The Kier molecular flexibility index (Phi) is 2.51. The van der Waals surface area contributed by atoms with Crippen LogP contribution in [0.3, 0.4) is 0 Å². The predicted octanol–water partition coefficient (Wildman–Crippen LogP) is -2.72. The molecule has 3 atom stereocenters. The van der Waals surface area contributed by atoms with Gasteiger partial charge in [-0.25, -0.2) is 0 Å². The summed E-state index contributed by atoms with van der Waals surface area (Å²) in [6.07, 6.45) is -3.23. The van der Waals surface area contributed by atoms with Crippen molar-refractivity contribution in [3.63, 3.8) is 0 Å². The molecule has 0 bridgehead atoms. The van der Waals surface area contributed by atoms with E-state index in [1.807, 2.05) is 0 Å². The van der Waals surface area contributed by atoms with Gasteiger partial charge in [0.1, 0.15) is 18.3 Å². The lowest BCUT2D eigenvalue weighted by Gasteiger charge is -2.36. The van der Waals surface area contributed by atoms with Gasteiger partial charge < -0.3 is 26.0 Å². The van der Waals surface area contributed by atoms with E-state index in [0.29, 0.717) is 0 Å². The standard InChI is InChI=1S/C6H13N3O3/c7-6(8)9-1-3(10)5(12)4(11)2-9/h3-5,10-12H,1-2H2,(H3,7,8)/t3-,4+,5?. The molecule has 12 heavy (non-hydrogen) atoms. The van der Waals surface area contributed by atoms with E-state index < -0.39 is 18.3 Å². The van der Waals surface area contributed by atoms with Gasteiger partial charge in [0.15, 0.2) is 5.96 Å². The van der Waals surface area contributed by atoms with Crippen molar-refractivity contribution in [2.75, 3.05) is 13.1 Å². The second-order valence-electron chi connectivity index (χ2n) is 2.92. The Hall–Kier alpha value is -0.850. The zero-order chi connectivity index (χ0) is 9.30. The second-order valence-corrected chi connectivity index (χ2v) is 2.92. The average molecular weight is 175 g/mol. The molecular formula is C6H13N3O3. The van der Waals surface area contributed by atoms with E-state index in [0.717, 1.165) is 0 Å². The number of piperidine rings is 1.